The molecule has 2 N–H and O–H groups in total. The zero-order valence-electron chi connectivity index (χ0n) is 10.3. The molecule has 0 radical (unpaired) electrons. The van der Waals surface area contributed by atoms with E-state index in [0.717, 1.165) is 25.9 Å². The smallest absolute Gasteiger partial charge is 0.274 e. The third-order valence-electron chi connectivity index (χ3n) is 3.09. The average Bonchev–Trinajstić information content (AvgIpc) is 2.28. The molecule has 92 valence electrons. The van der Waals surface area contributed by atoms with E-state index < -0.39 is 0 Å². The van der Waals surface area contributed by atoms with Gasteiger partial charge in [-0.1, -0.05) is 13.8 Å². The molecule has 0 aromatic carbocycles. The van der Waals surface area contributed by atoms with Crippen LogP contribution in [0.2, 0.25) is 0 Å². The number of nitrogens with two attached hydrogens (primary N) is 1. The molecule has 0 unspecified atom stereocenters. The van der Waals surface area contributed by atoms with Crippen molar-refractivity contribution in [3.8, 4) is 0 Å². The van der Waals surface area contributed by atoms with E-state index in [1.54, 1.807) is 12.1 Å². The monoisotopic (exact) mass is 234 g/mol. The van der Waals surface area contributed by atoms with Crippen molar-refractivity contribution in [2.24, 2.45) is 5.41 Å². The topological polar surface area (TPSA) is 72.1 Å². The van der Waals surface area contributed by atoms with E-state index in [1.165, 1.54) is 0 Å². The molecular formula is C12H18N4O. The van der Waals surface area contributed by atoms with Crippen LogP contribution in [0.1, 0.15) is 37.2 Å². The average molecular weight is 234 g/mol. The molecular weight excluding hydrogens is 216 g/mol. The molecule has 17 heavy (non-hydrogen) atoms. The number of rotatable bonds is 1. The minimum Gasteiger partial charge on any atom is -0.382 e. The van der Waals surface area contributed by atoms with Gasteiger partial charge in [0.15, 0.2) is 5.69 Å². The quantitative estimate of drug-likeness (QED) is 0.795. The van der Waals surface area contributed by atoms with Gasteiger partial charge in [0.05, 0.1) is 0 Å². The van der Waals surface area contributed by atoms with E-state index in [9.17, 15) is 4.79 Å². The number of amides is 1. The van der Waals surface area contributed by atoms with Gasteiger partial charge in [0.25, 0.3) is 5.91 Å². The lowest BCUT2D eigenvalue weighted by Crippen LogP contribution is -2.43. The molecule has 1 fully saturated rings. The van der Waals surface area contributed by atoms with Crippen LogP contribution in [0.3, 0.4) is 0 Å². The van der Waals surface area contributed by atoms with Crippen LogP contribution in [0.25, 0.3) is 0 Å². The van der Waals surface area contributed by atoms with E-state index in [0.29, 0.717) is 11.5 Å². The summed E-state index contributed by atoms with van der Waals surface area (Å²) in [5.41, 5.74) is 6.01. The summed E-state index contributed by atoms with van der Waals surface area (Å²) in [7, 11) is 0. The Morgan fingerprint density at radius 1 is 1.41 bits per heavy atom. The predicted molar refractivity (Wildman–Crippen MR) is 65.4 cm³/mol. The Hall–Kier alpha value is -1.65. The molecule has 1 aromatic rings. The van der Waals surface area contributed by atoms with Gasteiger partial charge in [-0.3, -0.25) is 4.79 Å². The Labute approximate surface area is 101 Å². The van der Waals surface area contributed by atoms with Crippen molar-refractivity contribution in [2.75, 3.05) is 18.8 Å². The van der Waals surface area contributed by atoms with E-state index in [-0.39, 0.29) is 11.3 Å². The molecule has 1 aliphatic rings. The number of piperidine rings is 1. The third kappa shape index (κ3) is 2.72. The second kappa shape index (κ2) is 4.31. The number of nitrogen functional groups attached to an aromatic ring is 1. The zero-order chi connectivity index (χ0) is 12.5. The Balaban J connectivity index is 2.12. The number of carbonyl (C=O) groups excluding carboxylic acids is 1. The first-order valence-electron chi connectivity index (χ1n) is 5.86. The Bertz CT molecular complexity index is 413. The third-order valence-corrected chi connectivity index (χ3v) is 3.09. The second-order valence-corrected chi connectivity index (χ2v) is 5.34. The summed E-state index contributed by atoms with van der Waals surface area (Å²) >= 11 is 0. The molecule has 0 aliphatic carbocycles. The van der Waals surface area contributed by atoms with Crippen molar-refractivity contribution < 1.29 is 4.79 Å². The number of hydrogen-bond acceptors (Lipinski definition) is 4. The molecule has 0 atom stereocenters. The summed E-state index contributed by atoms with van der Waals surface area (Å²) in [5, 5.41) is 7.55. The van der Waals surface area contributed by atoms with Crippen LogP contribution in [-0.4, -0.2) is 34.1 Å². The number of carbonyl (C=O) groups is 1. The minimum atomic E-state index is -0.0507. The molecule has 2 rings (SSSR count). The summed E-state index contributed by atoms with van der Waals surface area (Å²) in [5.74, 6) is 0.283. The molecule has 1 aliphatic heterocycles. The SMILES string of the molecule is CC1(C)CCCN(C(=O)c2ccc(N)nn2)C1. The summed E-state index contributed by atoms with van der Waals surface area (Å²) in [6.45, 7) is 5.94. The van der Waals surface area contributed by atoms with Crippen LogP contribution in [0.4, 0.5) is 5.82 Å². The predicted octanol–water partition coefficient (Wildman–Crippen LogP) is 1.32. The molecule has 0 spiro atoms. The highest BCUT2D eigenvalue weighted by Gasteiger charge is 2.30. The van der Waals surface area contributed by atoms with Crippen LogP contribution in [0.15, 0.2) is 12.1 Å². The van der Waals surface area contributed by atoms with Gasteiger partial charge in [0, 0.05) is 13.1 Å². The molecule has 5 heteroatoms. The van der Waals surface area contributed by atoms with Crippen molar-refractivity contribution in [1.82, 2.24) is 15.1 Å². The van der Waals surface area contributed by atoms with Gasteiger partial charge in [-0.2, -0.15) is 0 Å². The Kier molecular flexibility index (Phi) is 3.00. The zero-order valence-corrected chi connectivity index (χ0v) is 10.3. The van der Waals surface area contributed by atoms with Gasteiger partial charge in [0.2, 0.25) is 0 Å². The largest absolute Gasteiger partial charge is 0.382 e. The van der Waals surface area contributed by atoms with Gasteiger partial charge >= 0.3 is 0 Å². The van der Waals surface area contributed by atoms with E-state index in [1.807, 2.05) is 4.90 Å². The van der Waals surface area contributed by atoms with Crippen molar-refractivity contribution >= 4 is 11.7 Å². The van der Waals surface area contributed by atoms with E-state index in [2.05, 4.69) is 24.0 Å². The maximum Gasteiger partial charge on any atom is 0.274 e. The van der Waals surface area contributed by atoms with Crippen molar-refractivity contribution in [1.29, 1.82) is 0 Å². The van der Waals surface area contributed by atoms with Gasteiger partial charge in [-0.15, -0.1) is 10.2 Å². The minimum absolute atomic E-state index is 0.0507. The maximum absolute atomic E-state index is 12.2. The summed E-state index contributed by atoms with van der Waals surface area (Å²) in [4.78, 5) is 14.0. The summed E-state index contributed by atoms with van der Waals surface area (Å²) in [6, 6.07) is 3.24. The van der Waals surface area contributed by atoms with Crippen LogP contribution in [0.5, 0.6) is 0 Å². The second-order valence-electron chi connectivity index (χ2n) is 5.34. The molecule has 1 saturated heterocycles. The lowest BCUT2D eigenvalue weighted by Gasteiger charge is -2.37. The maximum atomic E-state index is 12.2. The van der Waals surface area contributed by atoms with Gasteiger partial charge in [-0.05, 0) is 30.4 Å². The highest BCUT2D eigenvalue weighted by atomic mass is 16.2. The summed E-state index contributed by atoms with van der Waals surface area (Å²) < 4.78 is 0. The Morgan fingerprint density at radius 3 is 2.76 bits per heavy atom. The molecule has 0 saturated carbocycles. The first-order chi connectivity index (χ1) is 7.98. The van der Waals surface area contributed by atoms with E-state index in [4.69, 9.17) is 5.73 Å². The van der Waals surface area contributed by atoms with Gasteiger partial charge in [0.1, 0.15) is 5.82 Å². The van der Waals surface area contributed by atoms with Crippen LogP contribution in [-0.2, 0) is 0 Å². The van der Waals surface area contributed by atoms with Crippen molar-refractivity contribution in [3.63, 3.8) is 0 Å². The highest BCUT2D eigenvalue weighted by Crippen LogP contribution is 2.28. The Morgan fingerprint density at radius 2 is 2.18 bits per heavy atom. The van der Waals surface area contributed by atoms with E-state index >= 15 is 0 Å². The first-order valence-corrected chi connectivity index (χ1v) is 5.86. The lowest BCUT2D eigenvalue weighted by molar-refractivity contribution is 0.0576. The fraction of sp³-hybridized carbons (Fsp3) is 0.583. The highest BCUT2D eigenvalue weighted by molar-refractivity contribution is 5.92. The van der Waals surface area contributed by atoms with Crippen LogP contribution in [0, 0.1) is 5.41 Å². The number of likely N-dealkylation sites (tertiary alicyclic amines) is 1. The van der Waals surface area contributed by atoms with Crippen molar-refractivity contribution in [2.45, 2.75) is 26.7 Å². The number of anilines is 1. The number of aromatic nitrogens is 2. The molecule has 5 nitrogen and oxygen atoms in total. The normalized spacial score (nSPS) is 19.1. The number of nitrogens with zero attached hydrogens (tertiary/aromatic N) is 3. The standard InChI is InChI=1S/C12H18N4O/c1-12(2)6-3-7-16(8-12)11(17)9-4-5-10(13)15-14-9/h4-5H,3,6-8H2,1-2H3,(H2,13,15). The summed E-state index contributed by atoms with van der Waals surface area (Å²) in [6.07, 6.45) is 2.20. The number of hydrogen-bond donors (Lipinski definition) is 1. The molecule has 1 amide bonds. The van der Waals surface area contributed by atoms with Gasteiger partial charge in [-0.25, -0.2) is 0 Å². The first kappa shape index (κ1) is 11.8. The van der Waals surface area contributed by atoms with Crippen molar-refractivity contribution in [3.05, 3.63) is 17.8 Å². The fourth-order valence-electron chi connectivity index (χ4n) is 2.22. The lowest BCUT2D eigenvalue weighted by atomic mass is 9.84. The van der Waals surface area contributed by atoms with Crippen LogP contribution >= 0.6 is 0 Å². The molecule has 2 heterocycles. The van der Waals surface area contributed by atoms with Gasteiger partial charge < -0.3 is 10.6 Å². The fourth-order valence-corrected chi connectivity index (χ4v) is 2.22. The molecule has 1 aromatic heterocycles. The molecule has 0 bridgehead atoms. The van der Waals surface area contributed by atoms with Crippen LogP contribution < -0.4 is 5.73 Å².